The number of carboxylic acid groups (broad SMARTS) is 1. The lowest BCUT2D eigenvalue weighted by atomic mass is 10.1. The second-order valence-electron chi connectivity index (χ2n) is 7.81. The van der Waals surface area contributed by atoms with Crippen molar-refractivity contribution >= 4 is 21.7 Å². The van der Waals surface area contributed by atoms with E-state index in [2.05, 4.69) is 0 Å². The van der Waals surface area contributed by atoms with E-state index in [0.717, 1.165) is 23.3 Å². The summed E-state index contributed by atoms with van der Waals surface area (Å²) in [5, 5.41) is 9.21. The minimum atomic E-state index is -4.40. The molecule has 0 radical (unpaired) electrons. The van der Waals surface area contributed by atoms with Gasteiger partial charge in [0.1, 0.15) is 0 Å². The Morgan fingerprint density at radius 1 is 0.935 bits per heavy atom. The van der Waals surface area contributed by atoms with Crippen LogP contribution in [0.2, 0.25) is 0 Å². The van der Waals surface area contributed by atoms with E-state index >= 15 is 0 Å². The van der Waals surface area contributed by atoms with Crippen LogP contribution in [0.15, 0.2) is 47.4 Å². The number of hydrogen-bond acceptors (Lipinski definition) is 4. The molecule has 6 nitrogen and oxygen atoms in total. The van der Waals surface area contributed by atoms with Crippen molar-refractivity contribution in [3.63, 3.8) is 0 Å². The number of rotatable bonds is 4. The van der Waals surface area contributed by atoms with E-state index in [-0.39, 0.29) is 18.0 Å². The van der Waals surface area contributed by atoms with Gasteiger partial charge >= 0.3 is 12.1 Å². The second-order valence-corrected chi connectivity index (χ2v) is 9.75. The van der Waals surface area contributed by atoms with E-state index in [4.69, 9.17) is 0 Å². The molecule has 1 heterocycles. The second kappa shape index (κ2) is 7.83. The average Bonchev–Trinajstić information content (AvgIpc) is 3.17. The van der Waals surface area contributed by atoms with Gasteiger partial charge in [0.25, 0.3) is 0 Å². The number of alkyl halides is 3. The van der Waals surface area contributed by atoms with Gasteiger partial charge in [-0.3, -0.25) is 4.79 Å². The third-order valence-corrected chi connectivity index (χ3v) is 7.79. The first-order valence-corrected chi connectivity index (χ1v) is 11.3. The molecule has 0 spiro atoms. The van der Waals surface area contributed by atoms with Crippen LogP contribution >= 0.6 is 0 Å². The van der Waals surface area contributed by atoms with Crippen molar-refractivity contribution in [1.82, 2.24) is 4.31 Å². The Hall–Kier alpha value is -2.59. The summed E-state index contributed by atoms with van der Waals surface area (Å²) in [6, 6.07) is 9.60. The van der Waals surface area contributed by atoms with E-state index < -0.39 is 33.7 Å². The van der Waals surface area contributed by atoms with Gasteiger partial charge < -0.3 is 10.0 Å². The van der Waals surface area contributed by atoms with Crippen LogP contribution in [0.5, 0.6) is 0 Å². The molecule has 1 aliphatic carbocycles. The van der Waals surface area contributed by atoms with Gasteiger partial charge in [-0.15, -0.1) is 0 Å². The molecule has 1 atom stereocenters. The van der Waals surface area contributed by atoms with Crippen molar-refractivity contribution in [2.75, 3.05) is 31.1 Å². The molecule has 1 unspecified atom stereocenters. The normalized spacial score (nSPS) is 20.0. The monoisotopic (exact) mass is 454 g/mol. The van der Waals surface area contributed by atoms with Gasteiger partial charge in [0, 0.05) is 31.9 Å². The number of carboxylic acids is 1. The molecule has 166 valence electrons. The molecule has 0 saturated carbocycles. The number of halogens is 3. The maximum Gasteiger partial charge on any atom is 0.416 e. The van der Waals surface area contributed by atoms with Gasteiger partial charge in [0.05, 0.1) is 16.4 Å². The molecular weight excluding hydrogens is 433 g/mol. The van der Waals surface area contributed by atoms with E-state index in [9.17, 15) is 31.5 Å². The summed E-state index contributed by atoms with van der Waals surface area (Å²) in [5.74, 6) is -1.42. The van der Waals surface area contributed by atoms with Gasteiger partial charge in [-0.25, -0.2) is 8.42 Å². The van der Waals surface area contributed by atoms with E-state index in [1.807, 2.05) is 4.90 Å². The summed E-state index contributed by atoms with van der Waals surface area (Å²) in [6.07, 6.45) is -3.68. The van der Waals surface area contributed by atoms with Crippen molar-refractivity contribution < 1.29 is 31.5 Å². The number of nitrogens with zero attached hydrogens (tertiary/aromatic N) is 2. The zero-order valence-corrected chi connectivity index (χ0v) is 17.3. The Morgan fingerprint density at radius 3 is 2.13 bits per heavy atom. The molecule has 0 aromatic heterocycles. The van der Waals surface area contributed by atoms with Gasteiger partial charge in [0.2, 0.25) is 10.0 Å². The number of piperazine rings is 1. The van der Waals surface area contributed by atoms with E-state index in [1.165, 1.54) is 22.5 Å². The van der Waals surface area contributed by atoms with Gasteiger partial charge in [-0.1, -0.05) is 6.07 Å². The summed E-state index contributed by atoms with van der Waals surface area (Å²) >= 11 is 0. The molecule has 2 aromatic rings. The molecule has 4 rings (SSSR count). The number of fused-ring (bicyclic) bond motifs is 1. The molecule has 0 amide bonds. The lowest BCUT2D eigenvalue weighted by Gasteiger charge is -2.35. The third-order valence-electron chi connectivity index (χ3n) is 5.90. The van der Waals surface area contributed by atoms with E-state index in [0.29, 0.717) is 31.6 Å². The maximum atomic E-state index is 13.1. The zero-order chi connectivity index (χ0) is 22.4. The number of benzene rings is 2. The fourth-order valence-electron chi connectivity index (χ4n) is 4.13. The minimum absolute atomic E-state index is 0.139. The van der Waals surface area contributed by atoms with Crippen LogP contribution in [-0.2, 0) is 33.8 Å². The highest BCUT2D eigenvalue weighted by molar-refractivity contribution is 7.89. The zero-order valence-electron chi connectivity index (χ0n) is 16.5. The van der Waals surface area contributed by atoms with Crippen LogP contribution in [0.1, 0.15) is 16.7 Å². The number of anilines is 1. The molecule has 1 N–H and O–H groups in total. The maximum absolute atomic E-state index is 13.1. The first-order valence-electron chi connectivity index (χ1n) is 9.82. The smallest absolute Gasteiger partial charge is 0.416 e. The number of aliphatic carboxylic acids is 1. The van der Waals surface area contributed by atoms with Gasteiger partial charge in [0.15, 0.2) is 0 Å². The van der Waals surface area contributed by atoms with Crippen LogP contribution < -0.4 is 4.90 Å². The van der Waals surface area contributed by atoms with Crippen LogP contribution in [0, 0.1) is 5.92 Å². The molecule has 2 aliphatic rings. The Balaban J connectivity index is 1.44. The number of carbonyl (C=O) groups is 1. The van der Waals surface area contributed by atoms with Crippen molar-refractivity contribution in [2.45, 2.75) is 23.9 Å². The topological polar surface area (TPSA) is 77.9 Å². The highest BCUT2D eigenvalue weighted by Crippen LogP contribution is 2.32. The number of sulfonamides is 1. The Kier molecular flexibility index (Phi) is 5.47. The molecule has 31 heavy (non-hydrogen) atoms. The van der Waals surface area contributed by atoms with Gasteiger partial charge in [-0.05, 0) is 60.4 Å². The molecule has 1 aliphatic heterocycles. The van der Waals surface area contributed by atoms with Crippen molar-refractivity contribution in [2.24, 2.45) is 5.92 Å². The Labute approximate surface area is 177 Å². The predicted molar refractivity (Wildman–Crippen MR) is 107 cm³/mol. The van der Waals surface area contributed by atoms with Crippen LogP contribution in [0.3, 0.4) is 0 Å². The first kappa shape index (κ1) is 21.6. The molecule has 0 bridgehead atoms. The summed E-state index contributed by atoms with van der Waals surface area (Å²) in [7, 11) is -3.74. The van der Waals surface area contributed by atoms with Crippen LogP contribution in [0.25, 0.3) is 0 Å². The van der Waals surface area contributed by atoms with Crippen LogP contribution in [-0.4, -0.2) is 50.0 Å². The average molecular weight is 454 g/mol. The molecular formula is C21H21F3N2O4S. The summed E-state index contributed by atoms with van der Waals surface area (Å²) in [5.41, 5.74) is 1.50. The highest BCUT2D eigenvalue weighted by atomic mass is 32.2. The fraction of sp³-hybridized carbons (Fsp3) is 0.381. The van der Waals surface area contributed by atoms with Gasteiger partial charge in [-0.2, -0.15) is 17.5 Å². The molecule has 1 saturated heterocycles. The lowest BCUT2D eigenvalue weighted by Crippen LogP contribution is -2.48. The van der Waals surface area contributed by atoms with Crippen molar-refractivity contribution in [1.29, 1.82) is 0 Å². The van der Waals surface area contributed by atoms with Crippen molar-refractivity contribution in [3.8, 4) is 0 Å². The largest absolute Gasteiger partial charge is 0.481 e. The Morgan fingerprint density at radius 2 is 1.55 bits per heavy atom. The molecule has 2 aromatic carbocycles. The van der Waals surface area contributed by atoms with Crippen LogP contribution in [0.4, 0.5) is 18.9 Å². The highest BCUT2D eigenvalue weighted by Gasteiger charge is 2.33. The summed E-state index contributed by atoms with van der Waals surface area (Å²) in [6.45, 7) is 1.13. The first-order chi connectivity index (χ1) is 14.6. The summed E-state index contributed by atoms with van der Waals surface area (Å²) in [4.78, 5) is 13.2. The molecule has 10 heteroatoms. The number of hydrogen-bond donors (Lipinski definition) is 1. The Bertz CT molecular complexity index is 1090. The SMILES string of the molecule is O=C(O)C1Cc2ccc(S(=O)(=O)N3CCN(c4ccc(C(F)(F)F)cc4)CC3)cc2C1. The van der Waals surface area contributed by atoms with E-state index in [1.54, 1.807) is 12.1 Å². The fourth-order valence-corrected chi connectivity index (χ4v) is 5.60. The van der Waals surface area contributed by atoms with Crippen molar-refractivity contribution in [3.05, 3.63) is 59.2 Å². The quantitative estimate of drug-likeness (QED) is 0.769. The standard InChI is InChI=1S/C21H21F3N2O4S/c22-21(23,24)17-2-4-18(5-3-17)25-7-9-26(10-8-25)31(29,30)19-6-1-14-11-16(20(27)28)12-15(14)13-19/h1-6,13,16H,7-12H2,(H,27,28). The summed E-state index contributed by atoms with van der Waals surface area (Å²) < 4.78 is 65.7. The lowest BCUT2D eigenvalue weighted by molar-refractivity contribution is -0.141. The predicted octanol–water partition coefficient (Wildman–Crippen LogP) is 3.02. The third kappa shape index (κ3) is 4.27. The minimum Gasteiger partial charge on any atom is -0.481 e. The molecule has 1 fully saturated rings.